The zero-order chi connectivity index (χ0) is 20.1. The number of anilines is 1. The summed E-state index contributed by atoms with van der Waals surface area (Å²) in [6.07, 6.45) is 0.890. The van der Waals surface area contributed by atoms with Crippen molar-refractivity contribution < 1.29 is 18.3 Å². The van der Waals surface area contributed by atoms with Crippen molar-refractivity contribution in [1.29, 1.82) is 0 Å². The molecule has 1 heterocycles. The van der Waals surface area contributed by atoms with Gasteiger partial charge in [0.2, 0.25) is 0 Å². The molecule has 2 amide bonds. The van der Waals surface area contributed by atoms with E-state index in [4.69, 9.17) is 4.74 Å². The standard InChI is InChI=1S/C21H25F2N3O2/c1-25(13-15-3-6-18(28-2)7-4-15)21(27)24-12-16-9-10-26(14-16)17-5-8-19(22)20(23)11-17/h3-8,11,16H,9-10,12-14H2,1-2H3,(H,24,27). The van der Waals surface area contributed by atoms with Gasteiger partial charge in [0.1, 0.15) is 5.75 Å². The van der Waals surface area contributed by atoms with E-state index in [9.17, 15) is 13.6 Å². The molecule has 0 radical (unpaired) electrons. The first-order valence-corrected chi connectivity index (χ1v) is 9.28. The van der Waals surface area contributed by atoms with Gasteiger partial charge in [0, 0.05) is 45.0 Å². The second kappa shape index (κ2) is 8.91. The van der Waals surface area contributed by atoms with E-state index in [1.807, 2.05) is 29.2 Å². The zero-order valence-electron chi connectivity index (χ0n) is 16.1. The first kappa shape index (κ1) is 19.9. The molecule has 28 heavy (non-hydrogen) atoms. The average Bonchev–Trinajstić information content (AvgIpc) is 3.17. The zero-order valence-corrected chi connectivity index (χ0v) is 16.1. The van der Waals surface area contributed by atoms with E-state index in [1.54, 1.807) is 25.1 Å². The molecule has 150 valence electrons. The second-order valence-electron chi connectivity index (χ2n) is 7.09. The number of urea groups is 1. The van der Waals surface area contributed by atoms with E-state index in [-0.39, 0.29) is 11.9 Å². The topological polar surface area (TPSA) is 44.8 Å². The van der Waals surface area contributed by atoms with Crippen molar-refractivity contribution in [3.63, 3.8) is 0 Å². The van der Waals surface area contributed by atoms with Gasteiger partial charge in [-0.2, -0.15) is 0 Å². The number of hydrogen-bond donors (Lipinski definition) is 1. The molecule has 1 saturated heterocycles. The molecule has 0 aliphatic carbocycles. The number of nitrogens with zero attached hydrogens (tertiary/aromatic N) is 2. The third kappa shape index (κ3) is 4.91. The lowest BCUT2D eigenvalue weighted by molar-refractivity contribution is 0.205. The number of carbonyl (C=O) groups is 1. The van der Waals surface area contributed by atoms with E-state index in [0.29, 0.717) is 25.3 Å². The minimum absolute atomic E-state index is 0.137. The molecule has 7 heteroatoms. The van der Waals surface area contributed by atoms with Gasteiger partial charge in [0.05, 0.1) is 7.11 Å². The SMILES string of the molecule is COc1ccc(CN(C)C(=O)NCC2CCN(c3ccc(F)c(F)c3)C2)cc1. The van der Waals surface area contributed by atoms with Crippen LogP contribution < -0.4 is 15.0 Å². The lowest BCUT2D eigenvalue weighted by Gasteiger charge is -2.21. The summed E-state index contributed by atoms with van der Waals surface area (Å²) in [4.78, 5) is 16.0. The highest BCUT2D eigenvalue weighted by molar-refractivity contribution is 5.73. The molecule has 0 spiro atoms. The van der Waals surface area contributed by atoms with Gasteiger partial charge in [0.25, 0.3) is 0 Å². The minimum Gasteiger partial charge on any atom is -0.497 e. The number of halogens is 2. The fraction of sp³-hybridized carbons (Fsp3) is 0.381. The molecular weight excluding hydrogens is 364 g/mol. The Bertz CT molecular complexity index is 814. The Balaban J connectivity index is 1.45. The van der Waals surface area contributed by atoms with Crippen molar-refractivity contribution >= 4 is 11.7 Å². The Morgan fingerprint density at radius 3 is 2.64 bits per heavy atom. The number of methoxy groups -OCH3 is 1. The van der Waals surface area contributed by atoms with Gasteiger partial charge >= 0.3 is 6.03 Å². The maximum absolute atomic E-state index is 13.4. The van der Waals surface area contributed by atoms with E-state index in [1.165, 1.54) is 6.07 Å². The van der Waals surface area contributed by atoms with Gasteiger partial charge in [-0.15, -0.1) is 0 Å². The van der Waals surface area contributed by atoms with Crippen LogP contribution in [0.15, 0.2) is 42.5 Å². The Kier molecular flexibility index (Phi) is 6.34. The van der Waals surface area contributed by atoms with Crippen LogP contribution in [0.1, 0.15) is 12.0 Å². The lowest BCUT2D eigenvalue weighted by Crippen LogP contribution is -2.39. The van der Waals surface area contributed by atoms with Crippen molar-refractivity contribution in [2.75, 3.05) is 38.7 Å². The summed E-state index contributed by atoms with van der Waals surface area (Å²) in [7, 11) is 3.37. The summed E-state index contributed by atoms with van der Waals surface area (Å²) in [6, 6.07) is 11.4. The van der Waals surface area contributed by atoms with Crippen LogP contribution >= 0.6 is 0 Å². The van der Waals surface area contributed by atoms with Crippen LogP contribution in [-0.4, -0.2) is 44.7 Å². The predicted molar refractivity (Wildman–Crippen MR) is 105 cm³/mol. The largest absolute Gasteiger partial charge is 0.497 e. The molecule has 1 N–H and O–H groups in total. The average molecular weight is 389 g/mol. The summed E-state index contributed by atoms with van der Waals surface area (Å²) >= 11 is 0. The van der Waals surface area contributed by atoms with E-state index >= 15 is 0 Å². The molecule has 2 aromatic rings. The highest BCUT2D eigenvalue weighted by Gasteiger charge is 2.24. The Morgan fingerprint density at radius 2 is 1.96 bits per heavy atom. The smallest absolute Gasteiger partial charge is 0.317 e. The van der Waals surface area contributed by atoms with Crippen LogP contribution in [0.3, 0.4) is 0 Å². The lowest BCUT2D eigenvalue weighted by atomic mass is 10.1. The van der Waals surface area contributed by atoms with Gasteiger partial charge in [-0.25, -0.2) is 13.6 Å². The van der Waals surface area contributed by atoms with E-state index in [0.717, 1.165) is 30.3 Å². The molecule has 0 aromatic heterocycles. The number of carbonyl (C=O) groups excluding carboxylic acids is 1. The molecule has 1 aliphatic heterocycles. The predicted octanol–water partition coefficient (Wildman–Crippen LogP) is 3.64. The van der Waals surface area contributed by atoms with Crippen LogP contribution in [0.4, 0.5) is 19.3 Å². The third-order valence-electron chi connectivity index (χ3n) is 5.02. The van der Waals surface area contributed by atoms with E-state index in [2.05, 4.69) is 5.32 Å². The van der Waals surface area contributed by atoms with E-state index < -0.39 is 11.6 Å². The molecule has 0 saturated carbocycles. The van der Waals surface area contributed by atoms with Gasteiger partial charge < -0.3 is 19.9 Å². The van der Waals surface area contributed by atoms with Crippen molar-refractivity contribution in [1.82, 2.24) is 10.2 Å². The van der Waals surface area contributed by atoms with Gasteiger partial charge in [-0.3, -0.25) is 0 Å². The van der Waals surface area contributed by atoms with Crippen LogP contribution in [0, 0.1) is 17.6 Å². The van der Waals surface area contributed by atoms with Crippen LogP contribution in [-0.2, 0) is 6.54 Å². The molecule has 0 bridgehead atoms. The van der Waals surface area contributed by atoms with Gasteiger partial charge in [0.15, 0.2) is 11.6 Å². The number of amides is 2. The van der Waals surface area contributed by atoms with Crippen molar-refractivity contribution in [2.45, 2.75) is 13.0 Å². The molecule has 2 aromatic carbocycles. The number of rotatable bonds is 6. The summed E-state index contributed by atoms with van der Waals surface area (Å²) in [5.74, 6) is -0.629. The molecule has 1 aliphatic rings. The van der Waals surface area contributed by atoms with Crippen LogP contribution in [0.2, 0.25) is 0 Å². The molecular formula is C21H25F2N3O2. The summed E-state index contributed by atoms with van der Waals surface area (Å²) in [6.45, 7) is 2.51. The van der Waals surface area contributed by atoms with Crippen LogP contribution in [0.5, 0.6) is 5.75 Å². The number of nitrogens with one attached hydrogen (secondary N) is 1. The normalized spacial score (nSPS) is 16.1. The van der Waals surface area contributed by atoms with Crippen LogP contribution in [0.25, 0.3) is 0 Å². The third-order valence-corrected chi connectivity index (χ3v) is 5.02. The molecule has 5 nitrogen and oxygen atoms in total. The first-order valence-electron chi connectivity index (χ1n) is 9.28. The number of benzene rings is 2. The fourth-order valence-corrected chi connectivity index (χ4v) is 3.36. The monoisotopic (exact) mass is 389 g/mol. The highest BCUT2D eigenvalue weighted by Crippen LogP contribution is 2.25. The maximum Gasteiger partial charge on any atom is 0.317 e. The summed E-state index contributed by atoms with van der Waals surface area (Å²) < 4.78 is 31.6. The summed E-state index contributed by atoms with van der Waals surface area (Å²) in [5, 5.41) is 2.96. The van der Waals surface area contributed by atoms with Crippen molar-refractivity contribution in [3.8, 4) is 5.75 Å². The van der Waals surface area contributed by atoms with Crippen molar-refractivity contribution in [3.05, 3.63) is 59.7 Å². The fourth-order valence-electron chi connectivity index (χ4n) is 3.36. The second-order valence-corrected chi connectivity index (χ2v) is 7.09. The Hall–Kier alpha value is -2.83. The molecule has 3 rings (SSSR count). The van der Waals surface area contributed by atoms with Gasteiger partial charge in [-0.1, -0.05) is 12.1 Å². The Morgan fingerprint density at radius 1 is 1.21 bits per heavy atom. The number of ether oxygens (including phenoxy) is 1. The maximum atomic E-state index is 13.4. The van der Waals surface area contributed by atoms with Gasteiger partial charge in [-0.05, 0) is 42.2 Å². The molecule has 1 unspecified atom stereocenters. The Labute approximate surface area is 163 Å². The first-order chi connectivity index (χ1) is 13.5. The number of hydrogen-bond acceptors (Lipinski definition) is 3. The minimum atomic E-state index is -0.841. The molecule has 1 atom stereocenters. The molecule has 1 fully saturated rings. The highest BCUT2D eigenvalue weighted by atomic mass is 19.2. The van der Waals surface area contributed by atoms with Crippen molar-refractivity contribution in [2.24, 2.45) is 5.92 Å². The quantitative estimate of drug-likeness (QED) is 0.820. The summed E-state index contributed by atoms with van der Waals surface area (Å²) in [5.41, 5.74) is 1.69.